The Hall–Kier alpha value is -0.780. The van der Waals surface area contributed by atoms with Crippen molar-refractivity contribution in [3.05, 3.63) is 28.2 Å². The molecule has 0 radical (unpaired) electrons. The first kappa shape index (κ1) is 18.6. The normalized spacial score (nSPS) is 21.8. The predicted octanol–water partition coefficient (Wildman–Crippen LogP) is 3.54. The molecule has 2 fully saturated rings. The molecule has 23 heavy (non-hydrogen) atoms. The molecule has 6 heteroatoms. The Labute approximate surface area is 152 Å². The molecular formula is C17H24BrClN2O2. The Morgan fingerprint density at radius 1 is 1.30 bits per heavy atom. The Balaban J connectivity index is 0.00000192. The number of rotatable bonds is 3. The minimum absolute atomic E-state index is 0. The number of piperidine rings is 1. The highest BCUT2D eigenvalue weighted by Crippen LogP contribution is 2.39. The SMILES string of the molecule is COc1ccc(Br)cc1C1CCCN1C(=O)C1CCNCC1.Cl. The summed E-state index contributed by atoms with van der Waals surface area (Å²) in [5, 5.41) is 3.33. The molecule has 1 N–H and O–H groups in total. The highest BCUT2D eigenvalue weighted by molar-refractivity contribution is 9.10. The summed E-state index contributed by atoms with van der Waals surface area (Å²) in [6.07, 6.45) is 4.00. The summed E-state index contributed by atoms with van der Waals surface area (Å²) in [5.41, 5.74) is 1.12. The molecule has 1 unspecified atom stereocenters. The molecule has 1 aromatic carbocycles. The monoisotopic (exact) mass is 402 g/mol. The molecule has 1 aromatic rings. The molecule has 2 heterocycles. The van der Waals surface area contributed by atoms with E-state index in [4.69, 9.17) is 4.74 Å². The van der Waals surface area contributed by atoms with E-state index in [9.17, 15) is 4.79 Å². The molecule has 0 aromatic heterocycles. The first-order chi connectivity index (χ1) is 10.7. The molecule has 3 rings (SSSR count). The van der Waals surface area contributed by atoms with Crippen molar-refractivity contribution in [2.75, 3.05) is 26.7 Å². The van der Waals surface area contributed by atoms with Gasteiger partial charge < -0.3 is 15.0 Å². The summed E-state index contributed by atoms with van der Waals surface area (Å²) in [6, 6.07) is 6.20. The highest BCUT2D eigenvalue weighted by atomic mass is 79.9. The maximum absolute atomic E-state index is 12.9. The number of nitrogens with one attached hydrogen (secondary N) is 1. The zero-order valence-electron chi connectivity index (χ0n) is 13.4. The fraction of sp³-hybridized carbons (Fsp3) is 0.588. The van der Waals surface area contributed by atoms with Crippen LogP contribution in [0.5, 0.6) is 5.75 Å². The molecule has 2 saturated heterocycles. The van der Waals surface area contributed by atoms with E-state index >= 15 is 0 Å². The lowest BCUT2D eigenvalue weighted by Gasteiger charge is -2.31. The Bertz CT molecular complexity index is 549. The molecule has 0 bridgehead atoms. The third-order valence-corrected chi connectivity index (χ3v) is 5.27. The van der Waals surface area contributed by atoms with Gasteiger partial charge in [0.05, 0.1) is 13.2 Å². The second kappa shape index (κ2) is 8.36. The van der Waals surface area contributed by atoms with Gasteiger partial charge in [-0.05, 0) is 57.0 Å². The minimum atomic E-state index is 0. The Morgan fingerprint density at radius 3 is 2.74 bits per heavy atom. The van der Waals surface area contributed by atoms with Gasteiger partial charge in [-0.15, -0.1) is 12.4 Å². The average molecular weight is 404 g/mol. The van der Waals surface area contributed by atoms with E-state index in [1.807, 2.05) is 12.1 Å². The van der Waals surface area contributed by atoms with E-state index in [0.29, 0.717) is 5.91 Å². The number of hydrogen-bond acceptors (Lipinski definition) is 3. The van der Waals surface area contributed by atoms with Crippen molar-refractivity contribution in [3.63, 3.8) is 0 Å². The lowest BCUT2D eigenvalue weighted by atomic mass is 9.95. The van der Waals surface area contributed by atoms with E-state index in [2.05, 4.69) is 32.2 Å². The number of benzene rings is 1. The average Bonchev–Trinajstić information content (AvgIpc) is 3.04. The molecule has 4 nitrogen and oxygen atoms in total. The molecule has 2 aliphatic rings. The van der Waals surface area contributed by atoms with Gasteiger partial charge in [0.15, 0.2) is 0 Å². The fourth-order valence-electron chi connectivity index (χ4n) is 3.62. The second-order valence-electron chi connectivity index (χ2n) is 6.10. The van der Waals surface area contributed by atoms with Crippen LogP contribution in [0.4, 0.5) is 0 Å². The highest BCUT2D eigenvalue weighted by Gasteiger charge is 2.35. The maximum Gasteiger partial charge on any atom is 0.226 e. The van der Waals surface area contributed by atoms with Crippen LogP contribution < -0.4 is 10.1 Å². The van der Waals surface area contributed by atoms with Gasteiger partial charge in [-0.3, -0.25) is 4.79 Å². The fourth-order valence-corrected chi connectivity index (χ4v) is 4.00. The Kier molecular flexibility index (Phi) is 6.74. The number of carbonyl (C=O) groups is 1. The minimum Gasteiger partial charge on any atom is -0.496 e. The van der Waals surface area contributed by atoms with Crippen LogP contribution in [0.1, 0.15) is 37.3 Å². The number of methoxy groups -OCH3 is 1. The number of ether oxygens (including phenoxy) is 1. The van der Waals surface area contributed by atoms with Gasteiger partial charge in [-0.1, -0.05) is 15.9 Å². The zero-order chi connectivity index (χ0) is 15.5. The third kappa shape index (κ3) is 4.01. The summed E-state index contributed by atoms with van der Waals surface area (Å²) in [6.45, 7) is 2.77. The van der Waals surface area contributed by atoms with Gasteiger partial charge in [0, 0.05) is 22.5 Å². The van der Waals surface area contributed by atoms with E-state index in [-0.39, 0.29) is 24.4 Å². The topological polar surface area (TPSA) is 41.6 Å². The van der Waals surface area contributed by atoms with Crippen molar-refractivity contribution < 1.29 is 9.53 Å². The Morgan fingerprint density at radius 2 is 2.04 bits per heavy atom. The third-order valence-electron chi connectivity index (χ3n) is 4.78. The van der Waals surface area contributed by atoms with Crippen molar-refractivity contribution >= 4 is 34.2 Å². The summed E-state index contributed by atoms with van der Waals surface area (Å²) in [7, 11) is 1.70. The van der Waals surface area contributed by atoms with Crippen LogP contribution in [0.25, 0.3) is 0 Å². The second-order valence-corrected chi connectivity index (χ2v) is 7.02. The van der Waals surface area contributed by atoms with Gasteiger partial charge in [0.1, 0.15) is 5.75 Å². The van der Waals surface area contributed by atoms with Crippen molar-refractivity contribution in [1.82, 2.24) is 10.2 Å². The number of halogens is 2. The molecule has 1 amide bonds. The first-order valence-electron chi connectivity index (χ1n) is 8.05. The summed E-state index contributed by atoms with van der Waals surface area (Å²) < 4.78 is 6.55. The van der Waals surface area contributed by atoms with Gasteiger partial charge in [0.25, 0.3) is 0 Å². The molecule has 0 aliphatic carbocycles. The lowest BCUT2D eigenvalue weighted by Crippen LogP contribution is -2.40. The lowest BCUT2D eigenvalue weighted by molar-refractivity contribution is -0.137. The van der Waals surface area contributed by atoms with Crippen molar-refractivity contribution in [3.8, 4) is 5.75 Å². The molecule has 128 valence electrons. The molecular weight excluding hydrogens is 380 g/mol. The van der Waals surface area contributed by atoms with Crippen LogP contribution in [-0.2, 0) is 4.79 Å². The van der Waals surface area contributed by atoms with E-state index < -0.39 is 0 Å². The van der Waals surface area contributed by atoms with Crippen LogP contribution in [-0.4, -0.2) is 37.6 Å². The maximum atomic E-state index is 12.9. The number of nitrogens with zero attached hydrogens (tertiary/aromatic N) is 1. The molecule has 1 atom stereocenters. The number of likely N-dealkylation sites (tertiary alicyclic amines) is 1. The predicted molar refractivity (Wildman–Crippen MR) is 97.2 cm³/mol. The van der Waals surface area contributed by atoms with Crippen molar-refractivity contribution in [2.24, 2.45) is 5.92 Å². The van der Waals surface area contributed by atoms with E-state index in [1.165, 1.54) is 0 Å². The van der Waals surface area contributed by atoms with Crippen LogP contribution in [0.3, 0.4) is 0 Å². The van der Waals surface area contributed by atoms with Gasteiger partial charge in [-0.2, -0.15) is 0 Å². The largest absolute Gasteiger partial charge is 0.496 e. The van der Waals surface area contributed by atoms with E-state index in [0.717, 1.165) is 61.1 Å². The van der Waals surface area contributed by atoms with E-state index in [1.54, 1.807) is 7.11 Å². The van der Waals surface area contributed by atoms with Crippen molar-refractivity contribution in [2.45, 2.75) is 31.7 Å². The molecule has 0 saturated carbocycles. The quantitative estimate of drug-likeness (QED) is 0.839. The van der Waals surface area contributed by atoms with Crippen LogP contribution in [0, 0.1) is 5.92 Å². The molecule has 0 spiro atoms. The van der Waals surface area contributed by atoms with Gasteiger partial charge >= 0.3 is 0 Å². The number of hydrogen-bond donors (Lipinski definition) is 1. The van der Waals surface area contributed by atoms with Gasteiger partial charge in [-0.25, -0.2) is 0 Å². The summed E-state index contributed by atoms with van der Waals surface area (Å²) in [4.78, 5) is 15.0. The summed E-state index contributed by atoms with van der Waals surface area (Å²) >= 11 is 3.54. The first-order valence-corrected chi connectivity index (χ1v) is 8.84. The van der Waals surface area contributed by atoms with Gasteiger partial charge in [0.2, 0.25) is 5.91 Å². The number of carbonyl (C=O) groups excluding carboxylic acids is 1. The van der Waals surface area contributed by atoms with Crippen LogP contribution in [0.15, 0.2) is 22.7 Å². The molecule has 2 aliphatic heterocycles. The smallest absolute Gasteiger partial charge is 0.226 e. The van der Waals surface area contributed by atoms with Crippen LogP contribution >= 0.6 is 28.3 Å². The standard InChI is InChI=1S/C17H23BrN2O2.ClH/c1-22-16-5-4-13(18)11-14(16)15-3-2-10-20(15)17(21)12-6-8-19-9-7-12;/h4-5,11-12,15,19H,2-3,6-10H2,1H3;1H. The number of amides is 1. The van der Waals surface area contributed by atoms with Crippen molar-refractivity contribution in [1.29, 1.82) is 0 Å². The summed E-state index contributed by atoms with van der Waals surface area (Å²) in [5.74, 6) is 1.38. The van der Waals surface area contributed by atoms with Crippen LogP contribution in [0.2, 0.25) is 0 Å². The zero-order valence-corrected chi connectivity index (χ0v) is 15.8.